The van der Waals surface area contributed by atoms with Crippen LogP contribution in [-0.2, 0) is 6.54 Å². The maximum atomic E-state index is 5.85. The molecule has 1 rings (SSSR count). The van der Waals surface area contributed by atoms with Crippen molar-refractivity contribution in [3.05, 3.63) is 42.5 Å². The molecule has 0 atom stereocenters. The summed E-state index contributed by atoms with van der Waals surface area (Å²) < 4.78 is 5.85. The molecule has 0 aromatic heterocycles. The minimum Gasteiger partial charge on any atom is -0.493 e. The molecule has 0 aliphatic heterocycles. The summed E-state index contributed by atoms with van der Waals surface area (Å²) >= 11 is 0. The lowest BCUT2D eigenvalue weighted by atomic mass is 10.2. The van der Waals surface area contributed by atoms with Gasteiger partial charge in [-0.2, -0.15) is 0 Å². The summed E-state index contributed by atoms with van der Waals surface area (Å²) in [7, 11) is 0. The van der Waals surface area contributed by atoms with E-state index in [0.717, 1.165) is 31.9 Å². The lowest BCUT2D eigenvalue weighted by Gasteiger charge is -2.11. The van der Waals surface area contributed by atoms with Gasteiger partial charge in [0, 0.05) is 18.7 Å². The Morgan fingerprint density at radius 1 is 1.22 bits per heavy atom. The molecule has 0 amide bonds. The fraction of sp³-hybridized carbons (Fsp3) is 0.500. The molecule has 0 aliphatic carbocycles. The SMILES string of the molecule is C=CCNCc1ccccc1OCCCCCC. The van der Waals surface area contributed by atoms with Gasteiger partial charge in [0.25, 0.3) is 0 Å². The lowest BCUT2D eigenvalue weighted by Crippen LogP contribution is -2.13. The number of hydrogen-bond donors (Lipinski definition) is 1. The average molecular weight is 247 g/mol. The number of rotatable bonds is 10. The van der Waals surface area contributed by atoms with Crippen molar-refractivity contribution in [3.8, 4) is 5.75 Å². The molecule has 0 bridgehead atoms. The van der Waals surface area contributed by atoms with Crippen LogP contribution >= 0.6 is 0 Å². The van der Waals surface area contributed by atoms with Crippen molar-refractivity contribution in [2.45, 2.75) is 39.2 Å². The smallest absolute Gasteiger partial charge is 0.123 e. The Kier molecular flexibility index (Phi) is 7.98. The highest BCUT2D eigenvalue weighted by Crippen LogP contribution is 2.18. The molecule has 0 fully saturated rings. The van der Waals surface area contributed by atoms with Crippen molar-refractivity contribution in [2.24, 2.45) is 0 Å². The first kappa shape index (κ1) is 14.8. The van der Waals surface area contributed by atoms with Crippen LogP contribution in [0.2, 0.25) is 0 Å². The van der Waals surface area contributed by atoms with E-state index in [1.54, 1.807) is 0 Å². The summed E-state index contributed by atoms with van der Waals surface area (Å²) in [4.78, 5) is 0. The zero-order valence-electron chi connectivity index (χ0n) is 11.5. The maximum absolute atomic E-state index is 5.85. The van der Waals surface area contributed by atoms with Gasteiger partial charge in [-0.1, -0.05) is 50.5 Å². The molecule has 0 unspecified atom stereocenters. The minimum absolute atomic E-state index is 0.818. The van der Waals surface area contributed by atoms with E-state index in [2.05, 4.69) is 31.0 Å². The second-order valence-electron chi connectivity index (χ2n) is 4.44. The fourth-order valence-electron chi connectivity index (χ4n) is 1.81. The summed E-state index contributed by atoms with van der Waals surface area (Å²) in [5.41, 5.74) is 1.22. The lowest BCUT2D eigenvalue weighted by molar-refractivity contribution is 0.301. The first-order chi connectivity index (χ1) is 8.88. The molecule has 0 spiro atoms. The monoisotopic (exact) mass is 247 g/mol. The first-order valence-corrected chi connectivity index (χ1v) is 6.90. The van der Waals surface area contributed by atoms with Gasteiger partial charge >= 0.3 is 0 Å². The third-order valence-corrected chi connectivity index (χ3v) is 2.83. The van der Waals surface area contributed by atoms with E-state index in [1.165, 1.54) is 24.8 Å². The molecule has 0 saturated heterocycles. The molecule has 2 nitrogen and oxygen atoms in total. The van der Waals surface area contributed by atoms with Crippen LogP contribution in [0.4, 0.5) is 0 Å². The van der Waals surface area contributed by atoms with Gasteiger partial charge in [0.15, 0.2) is 0 Å². The molecule has 2 heteroatoms. The molecular weight excluding hydrogens is 222 g/mol. The van der Waals surface area contributed by atoms with Crippen LogP contribution in [0.15, 0.2) is 36.9 Å². The topological polar surface area (TPSA) is 21.3 Å². The highest BCUT2D eigenvalue weighted by molar-refractivity contribution is 5.33. The van der Waals surface area contributed by atoms with E-state index in [-0.39, 0.29) is 0 Å². The molecule has 0 saturated carbocycles. The Bertz CT molecular complexity index is 336. The summed E-state index contributed by atoms with van der Waals surface area (Å²) in [5, 5.41) is 3.30. The number of nitrogens with one attached hydrogen (secondary N) is 1. The van der Waals surface area contributed by atoms with Crippen molar-refractivity contribution >= 4 is 0 Å². The molecule has 0 heterocycles. The molecule has 18 heavy (non-hydrogen) atoms. The van der Waals surface area contributed by atoms with Gasteiger partial charge in [0.1, 0.15) is 5.75 Å². The van der Waals surface area contributed by atoms with E-state index in [4.69, 9.17) is 4.74 Å². The van der Waals surface area contributed by atoms with Gasteiger partial charge in [-0.15, -0.1) is 6.58 Å². The molecular formula is C16H25NO. The predicted octanol–water partition coefficient (Wildman–Crippen LogP) is 3.92. The van der Waals surface area contributed by atoms with E-state index in [0.29, 0.717) is 0 Å². The van der Waals surface area contributed by atoms with Crippen LogP contribution < -0.4 is 10.1 Å². The second-order valence-corrected chi connectivity index (χ2v) is 4.44. The summed E-state index contributed by atoms with van der Waals surface area (Å²) in [6.07, 6.45) is 6.83. The molecule has 100 valence electrons. The summed E-state index contributed by atoms with van der Waals surface area (Å²) in [5.74, 6) is 1.01. The van der Waals surface area contributed by atoms with Crippen molar-refractivity contribution < 1.29 is 4.74 Å². The second kappa shape index (κ2) is 9.72. The number of unbranched alkanes of at least 4 members (excludes halogenated alkanes) is 3. The normalized spacial score (nSPS) is 10.3. The predicted molar refractivity (Wildman–Crippen MR) is 78.0 cm³/mol. The standard InChI is InChI=1S/C16H25NO/c1-3-5-6-9-13-18-16-11-8-7-10-15(16)14-17-12-4-2/h4,7-8,10-11,17H,2-3,5-6,9,12-14H2,1H3. The number of ether oxygens (including phenoxy) is 1. The number of hydrogen-bond acceptors (Lipinski definition) is 2. The van der Waals surface area contributed by atoms with Crippen molar-refractivity contribution in [2.75, 3.05) is 13.2 Å². The van der Waals surface area contributed by atoms with Crippen LogP contribution in [0.3, 0.4) is 0 Å². The van der Waals surface area contributed by atoms with Crippen LogP contribution in [0.25, 0.3) is 0 Å². The quantitative estimate of drug-likeness (QED) is 0.500. The van der Waals surface area contributed by atoms with Gasteiger partial charge in [0.2, 0.25) is 0 Å². The molecule has 0 aliphatic rings. The minimum atomic E-state index is 0.818. The molecule has 1 aromatic rings. The maximum Gasteiger partial charge on any atom is 0.123 e. The zero-order chi connectivity index (χ0) is 13.1. The van der Waals surface area contributed by atoms with Gasteiger partial charge in [-0.05, 0) is 12.5 Å². The van der Waals surface area contributed by atoms with Crippen molar-refractivity contribution in [1.82, 2.24) is 5.32 Å². The van der Waals surface area contributed by atoms with Crippen molar-refractivity contribution in [1.29, 1.82) is 0 Å². The Labute approximate surface area is 111 Å². The van der Waals surface area contributed by atoms with E-state index < -0.39 is 0 Å². The van der Waals surface area contributed by atoms with Crippen molar-refractivity contribution in [3.63, 3.8) is 0 Å². The van der Waals surface area contributed by atoms with E-state index >= 15 is 0 Å². The van der Waals surface area contributed by atoms with Gasteiger partial charge < -0.3 is 10.1 Å². The van der Waals surface area contributed by atoms with Gasteiger partial charge in [-0.25, -0.2) is 0 Å². The summed E-state index contributed by atoms with van der Waals surface area (Å²) in [6, 6.07) is 8.23. The van der Waals surface area contributed by atoms with Gasteiger partial charge in [0.05, 0.1) is 6.61 Å². The Hall–Kier alpha value is -1.28. The zero-order valence-corrected chi connectivity index (χ0v) is 11.5. The summed E-state index contributed by atoms with van der Waals surface area (Å²) in [6.45, 7) is 8.39. The van der Waals surface area contributed by atoms with Crippen LogP contribution in [0, 0.1) is 0 Å². The van der Waals surface area contributed by atoms with Gasteiger partial charge in [-0.3, -0.25) is 0 Å². The third-order valence-electron chi connectivity index (χ3n) is 2.83. The average Bonchev–Trinajstić information content (AvgIpc) is 2.40. The van der Waals surface area contributed by atoms with Crippen LogP contribution in [0.1, 0.15) is 38.2 Å². The number of benzene rings is 1. The Morgan fingerprint density at radius 2 is 2.06 bits per heavy atom. The fourth-order valence-corrected chi connectivity index (χ4v) is 1.81. The third kappa shape index (κ3) is 5.87. The Balaban J connectivity index is 2.36. The van der Waals surface area contributed by atoms with Crippen LogP contribution in [0.5, 0.6) is 5.75 Å². The van der Waals surface area contributed by atoms with E-state index in [1.807, 2.05) is 18.2 Å². The highest BCUT2D eigenvalue weighted by atomic mass is 16.5. The molecule has 1 aromatic carbocycles. The largest absolute Gasteiger partial charge is 0.493 e. The molecule has 1 N–H and O–H groups in total. The Morgan fingerprint density at radius 3 is 2.83 bits per heavy atom. The van der Waals surface area contributed by atoms with E-state index in [9.17, 15) is 0 Å². The number of para-hydroxylation sites is 1. The first-order valence-electron chi connectivity index (χ1n) is 6.90. The molecule has 0 radical (unpaired) electrons. The van der Waals surface area contributed by atoms with Crippen LogP contribution in [-0.4, -0.2) is 13.2 Å². The highest BCUT2D eigenvalue weighted by Gasteiger charge is 2.01.